The highest BCUT2D eigenvalue weighted by Gasteiger charge is 2.19. The fourth-order valence-electron chi connectivity index (χ4n) is 2.38. The Hall–Kier alpha value is -2.14. The van der Waals surface area contributed by atoms with Crippen molar-refractivity contribution < 1.29 is 14.3 Å². The average molecular weight is 345 g/mol. The molecule has 0 bridgehead atoms. The van der Waals surface area contributed by atoms with Gasteiger partial charge in [0.15, 0.2) is 5.78 Å². The molecule has 0 N–H and O–H groups in total. The lowest BCUT2D eigenvalue weighted by Crippen LogP contribution is -2.29. The molecule has 5 heteroatoms. The number of Topliss-reactive ketones (excluding diaryl/α,β-unsaturated/α-hetero) is 1. The molecule has 24 heavy (non-hydrogen) atoms. The van der Waals surface area contributed by atoms with Crippen LogP contribution in [-0.2, 0) is 4.79 Å². The van der Waals surface area contributed by atoms with E-state index in [1.807, 2.05) is 31.4 Å². The molecule has 1 atom stereocenters. The highest BCUT2D eigenvalue weighted by atomic mass is 32.1. The highest BCUT2D eigenvalue weighted by Crippen LogP contribution is 2.24. The number of hydrogen-bond acceptors (Lipinski definition) is 4. The Morgan fingerprint density at radius 2 is 1.88 bits per heavy atom. The van der Waals surface area contributed by atoms with Gasteiger partial charge in [0.25, 0.3) is 0 Å². The van der Waals surface area contributed by atoms with Crippen LogP contribution in [0.15, 0.2) is 41.8 Å². The van der Waals surface area contributed by atoms with Crippen molar-refractivity contribution in [3.8, 4) is 5.75 Å². The molecule has 4 nitrogen and oxygen atoms in total. The minimum absolute atomic E-state index is 0.0183. The SMILES string of the molecule is CCOc1ccc(C(=O)CCC(=O)N(C)C(C)c2cccs2)cc1. The second-order valence-corrected chi connectivity index (χ2v) is 6.56. The number of carbonyl (C=O) groups is 2. The maximum atomic E-state index is 12.3. The molecule has 1 unspecified atom stereocenters. The summed E-state index contributed by atoms with van der Waals surface area (Å²) >= 11 is 1.63. The summed E-state index contributed by atoms with van der Waals surface area (Å²) in [4.78, 5) is 27.4. The number of rotatable bonds is 8. The molecule has 0 aliphatic heterocycles. The van der Waals surface area contributed by atoms with Crippen molar-refractivity contribution in [2.45, 2.75) is 32.7 Å². The Balaban J connectivity index is 1.87. The number of ether oxygens (including phenoxy) is 1. The van der Waals surface area contributed by atoms with Crippen LogP contribution < -0.4 is 4.74 Å². The van der Waals surface area contributed by atoms with Crippen LogP contribution in [0.5, 0.6) is 5.75 Å². The molecule has 0 fully saturated rings. The normalized spacial score (nSPS) is 11.8. The smallest absolute Gasteiger partial charge is 0.223 e. The molecule has 1 amide bonds. The van der Waals surface area contributed by atoms with E-state index >= 15 is 0 Å². The van der Waals surface area contributed by atoms with Crippen LogP contribution in [0.25, 0.3) is 0 Å². The summed E-state index contributed by atoms with van der Waals surface area (Å²) in [6.07, 6.45) is 0.437. The van der Waals surface area contributed by atoms with Gasteiger partial charge in [-0.15, -0.1) is 11.3 Å². The van der Waals surface area contributed by atoms with Crippen LogP contribution in [0.3, 0.4) is 0 Å². The molecular formula is C19H23NO3S. The van der Waals surface area contributed by atoms with Crippen molar-refractivity contribution in [1.29, 1.82) is 0 Å². The van der Waals surface area contributed by atoms with Gasteiger partial charge in [0.05, 0.1) is 12.6 Å². The van der Waals surface area contributed by atoms with Gasteiger partial charge in [-0.3, -0.25) is 9.59 Å². The van der Waals surface area contributed by atoms with Gasteiger partial charge in [-0.2, -0.15) is 0 Å². The predicted octanol–water partition coefficient (Wildman–Crippen LogP) is 4.33. The summed E-state index contributed by atoms with van der Waals surface area (Å²) in [5.41, 5.74) is 0.611. The Morgan fingerprint density at radius 1 is 1.17 bits per heavy atom. The number of amides is 1. The van der Waals surface area contributed by atoms with Crippen LogP contribution in [0.2, 0.25) is 0 Å². The standard InChI is InChI=1S/C19H23NO3S/c1-4-23-16-9-7-15(8-10-16)17(21)11-12-19(22)20(3)14(2)18-6-5-13-24-18/h5-10,13-14H,4,11-12H2,1-3H3. The van der Waals surface area contributed by atoms with Crippen LogP contribution in [-0.4, -0.2) is 30.2 Å². The summed E-state index contributed by atoms with van der Waals surface area (Å²) < 4.78 is 5.36. The van der Waals surface area contributed by atoms with Gasteiger partial charge in [0.2, 0.25) is 5.91 Å². The lowest BCUT2D eigenvalue weighted by molar-refractivity contribution is -0.131. The van der Waals surface area contributed by atoms with E-state index in [-0.39, 0.29) is 30.6 Å². The first-order chi connectivity index (χ1) is 11.5. The average Bonchev–Trinajstić information content (AvgIpc) is 3.13. The number of ketones is 1. The van der Waals surface area contributed by atoms with E-state index < -0.39 is 0 Å². The van der Waals surface area contributed by atoms with E-state index in [2.05, 4.69) is 0 Å². The van der Waals surface area contributed by atoms with E-state index in [0.29, 0.717) is 12.2 Å². The zero-order valence-corrected chi connectivity index (χ0v) is 15.1. The lowest BCUT2D eigenvalue weighted by atomic mass is 10.1. The molecule has 0 aliphatic rings. The van der Waals surface area contributed by atoms with Crippen molar-refractivity contribution in [2.75, 3.05) is 13.7 Å². The molecule has 2 aromatic rings. The first kappa shape index (κ1) is 18.2. The maximum Gasteiger partial charge on any atom is 0.223 e. The Morgan fingerprint density at radius 3 is 2.46 bits per heavy atom. The molecular weight excluding hydrogens is 322 g/mol. The largest absolute Gasteiger partial charge is 0.494 e. The van der Waals surface area contributed by atoms with Gasteiger partial charge >= 0.3 is 0 Å². The molecule has 2 rings (SSSR count). The van der Waals surface area contributed by atoms with Crippen LogP contribution in [0, 0.1) is 0 Å². The number of carbonyl (C=O) groups excluding carboxylic acids is 2. The third kappa shape index (κ3) is 4.68. The Bertz CT molecular complexity index is 664. The summed E-state index contributed by atoms with van der Waals surface area (Å²) in [6.45, 7) is 4.51. The van der Waals surface area contributed by atoms with Crippen molar-refractivity contribution >= 4 is 23.0 Å². The quantitative estimate of drug-likeness (QED) is 0.669. The number of benzene rings is 1. The third-order valence-corrected chi connectivity index (χ3v) is 5.03. The van der Waals surface area contributed by atoms with Gasteiger partial charge in [-0.25, -0.2) is 0 Å². The molecule has 0 saturated carbocycles. The summed E-state index contributed by atoms with van der Waals surface area (Å²) in [5, 5.41) is 2.00. The second-order valence-electron chi connectivity index (χ2n) is 5.58. The van der Waals surface area contributed by atoms with Crippen LogP contribution >= 0.6 is 11.3 Å². The fraction of sp³-hybridized carbons (Fsp3) is 0.368. The summed E-state index contributed by atoms with van der Waals surface area (Å²) in [7, 11) is 1.79. The van der Waals surface area contributed by atoms with E-state index in [1.54, 1.807) is 47.5 Å². The van der Waals surface area contributed by atoms with Crippen molar-refractivity contribution in [2.24, 2.45) is 0 Å². The number of hydrogen-bond donors (Lipinski definition) is 0. The fourth-order valence-corrected chi connectivity index (χ4v) is 3.21. The molecule has 0 saturated heterocycles. The van der Waals surface area contributed by atoms with Crippen LogP contribution in [0.1, 0.15) is 48.0 Å². The summed E-state index contributed by atoms with van der Waals surface area (Å²) in [5.74, 6) is 0.702. The van der Waals surface area contributed by atoms with Gasteiger partial charge < -0.3 is 9.64 Å². The highest BCUT2D eigenvalue weighted by molar-refractivity contribution is 7.10. The molecule has 0 radical (unpaired) electrons. The zero-order valence-electron chi connectivity index (χ0n) is 14.3. The third-order valence-electron chi connectivity index (χ3n) is 3.98. The number of nitrogens with zero attached hydrogens (tertiary/aromatic N) is 1. The first-order valence-electron chi connectivity index (χ1n) is 8.08. The van der Waals surface area contributed by atoms with Crippen molar-refractivity contribution in [3.05, 3.63) is 52.2 Å². The maximum absolute atomic E-state index is 12.3. The summed E-state index contributed by atoms with van der Waals surface area (Å²) in [6, 6.07) is 11.1. The van der Waals surface area contributed by atoms with E-state index in [1.165, 1.54) is 0 Å². The van der Waals surface area contributed by atoms with Gasteiger partial charge in [0.1, 0.15) is 5.75 Å². The van der Waals surface area contributed by atoms with Crippen LogP contribution in [0.4, 0.5) is 0 Å². The van der Waals surface area contributed by atoms with E-state index in [9.17, 15) is 9.59 Å². The van der Waals surface area contributed by atoms with Gasteiger partial charge in [0, 0.05) is 30.3 Å². The second kappa shape index (κ2) is 8.64. The lowest BCUT2D eigenvalue weighted by Gasteiger charge is -2.24. The molecule has 128 valence electrons. The topological polar surface area (TPSA) is 46.6 Å². The Labute approximate surface area is 147 Å². The minimum atomic E-state index is -0.0245. The monoisotopic (exact) mass is 345 g/mol. The molecule has 0 spiro atoms. The molecule has 1 aromatic carbocycles. The Kier molecular flexibility index (Phi) is 6.55. The molecule has 1 aromatic heterocycles. The van der Waals surface area contributed by atoms with E-state index in [0.717, 1.165) is 10.6 Å². The predicted molar refractivity (Wildman–Crippen MR) is 96.7 cm³/mol. The van der Waals surface area contributed by atoms with Gasteiger partial charge in [-0.05, 0) is 49.6 Å². The van der Waals surface area contributed by atoms with Crippen molar-refractivity contribution in [1.82, 2.24) is 4.90 Å². The van der Waals surface area contributed by atoms with Crippen molar-refractivity contribution in [3.63, 3.8) is 0 Å². The van der Waals surface area contributed by atoms with E-state index in [4.69, 9.17) is 4.74 Å². The minimum Gasteiger partial charge on any atom is -0.494 e. The molecule has 0 aliphatic carbocycles. The first-order valence-corrected chi connectivity index (χ1v) is 8.96. The molecule has 1 heterocycles. The zero-order chi connectivity index (χ0) is 17.5. The number of thiophene rings is 1. The van der Waals surface area contributed by atoms with Gasteiger partial charge in [-0.1, -0.05) is 6.07 Å².